The molecule has 1 aromatic heterocycles. The predicted molar refractivity (Wildman–Crippen MR) is 120 cm³/mol. The molecule has 33 heavy (non-hydrogen) atoms. The van der Waals surface area contributed by atoms with Crippen LogP contribution >= 0.6 is 0 Å². The van der Waals surface area contributed by atoms with Gasteiger partial charge in [0.2, 0.25) is 0 Å². The van der Waals surface area contributed by atoms with Crippen molar-refractivity contribution in [2.24, 2.45) is 11.3 Å². The lowest BCUT2D eigenvalue weighted by atomic mass is 9.51. The second-order valence-corrected chi connectivity index (χ2v) is 11.7. The van der Waals surface area contributed by atoms with E-state index < -0.39 is 47.2 Å². The number of aliphatic hydroxyl groups excluding tert-OH is 2. The number of hydrogen-bond acceptors (Lipinski definition) is 5. The molecule has 9 atom stereocenters. The van der Waals surface area contributed by atoms with Crippen LogP contribution < -0.4 is 0 Å². The highest BCUT2D eigenvalue weighted by molar-refractivity contribution is 5.73. The summed E-state index contributed by atoms with van der Waals surface area (Å²) in [5, 5.41) is 21.7. The zero-order valence-electron chi connectivity index (χ0n) is 19.6. The van der Waals surface area contributed by atoms with Crippen molar-refractivity contribution in [1.82, 2.24) is 9.88 Å². The molecule has 3 aliphatic carbocycles. The molecular weight excluding hydrogens is 426 g/mol. The Morgan fingerprint density at radius 2 is 1.82 bits per heavy atom. The number of rotatable bonds is 2. The summed E-state index contributed by atoms with van der Waals surface area (Å²) >= 11 is 0. The van der Waals surface area contributed by atoms with Gasteiger partial charge in [0.15, 0.2) is 5.67 Å². The van der Waals surface area contributed by atoms with Gasteiger partial charge in [0.1, 0.15) is 23.0 Å². The lowest BCUT2D eigenvalue weighted by Gasteiger charge is -2.65. The first-order valence-corrected chi connectivity index (χ1v) is 12.2. The number of likely N-dealkylation sites (N-methyl/N-ethyl adjacent to an activating group) is 1. The zero-order valence-corrected chi connectivity index (χ0v) is 19.6. The van der Waals surface area contributed by atoms with Crippen LogP contribution in [0.15, 0.2) is 30.6 Å². The fourth-order valence-corrected chi connectivity index (χ4v) is 8.51. The SMILES string of the molecule is CN(C)[C@H]1C[C@@]23CC[C@]4(O2)C2CC=C(c5ccncc5)[C@@]2(C)CCC4(F)CC3(F)[C@@H](O)[C@@H]1O. The maximum Gasteiger partial charge on any atom is 0.171 e. The van der Waals surface area contributed by atoms with E-state index in [9.17, 15) is 10.2 Å². The highest BCUT2D eigenvalue weighted by Gasteiger charge is 2.82. The van der Waals surface area contributed by atoms with E-state index in [-0.39, 0.29) is 24.2 Å². The van der Waals surface area contributed by atoms with Crippen LogP contribution in [-0.4, -0.2) is 75.0 Å². The molecule has 7 heteroatoms. The minimum absolute atomic E-state index is 0.0994. The van der Waals surface area contributed by atoms with E-state index in [1.807, 2.05) is 31.1 Å². The monoisotopic (exact) mass is 460 g/mol. The van der Waals surface area contributed by atoms with Crippen molar-refractivity contribution < 1.29 is 23.7 Å². The summed E-state index contributed by atoms with van der Waals surface area (Å²) in [6.45, 7) is 2.21. The first-order chi connectivity index (χ1) is 15.5. The molecule has 180 valence electrons. The van der Waals surface area contributed by atoms with Crippen LogP contribution in [0.5, 0.6) is 0 Å². The van der Waals surface area contributed by atoms with Gasteiger partial charge in [0.05, 0.1) is 6.10 Å². The molecule has 2 saturated heterocycles. The summed E-state index contributed by atoms with van der Waals surface area (Å²) in [7, 11) is 3.63. The summed E-state index contributed by atoms with van der Waals surface area (Å²) in [6.07, 6.45) is 4.93. The third-order valence-corrected chi connectivity index (χ3v) is 10.3. The number of ether oxygens (including phenoxy) is 1. The number of pyridine rings is 1. The largest absolute Gasteiger partial charge is 0.389 e. The van der Waals surface area contributed by atoms with Crippen LogP contribution in [0, 0.1) is 11.3 Å². The minimum Gasteiger partial charge on any atom is -0.389 e. The van der Waals surface area contributed by atoms with E-state index in [1.54, 1.807) is 12.4 Å². The van der Waals surface area contributed by atoms with Gasteiger partial charge >= 0.3 is 0 Å². The van der Waals surface area contributed by atoms with E-state index in [0.29, 0.717) is 25.7 Å². The number of allylic oxidation sites excluding steroid dienone is 2. The third-order valence-electron chi connectivity index (χ3n) is 10.3. The van der Waals surface area contributed by atoms with E-state index in [0.717, 1.165) is 5.56 Å². The summed E-state index contributed by atoms with van der Waals surface area (Å²) < 4.78 is 40.5. The molecule has 4 fully saturated rings. The van der Waals surface area contributed by atoms with Crippen molar-refractivity contribution in [2.75, 3.05) is 14.1 Å². The van der Waals surface area contributed by atoms with Gasteiger partial charge in [-0.05, 0) is 81.3 Å². The molecule has 0 aromatic carbocycles. The van der Waals surface area contributed by atoms with Gasteiger partial charge in [-0.3, -0.25) is 4.98 Å². The summed E-state index contributed by atoms with van der Waals surface area (Å²) in [5.74, 6) is -0.0994. The van der Waals surface area contributed by atoms with E-state index in [4.69, 9.17) is 4.74 Å². The smallest absolute Gasteiger partial charge is 0.171 e. The number of nitrogens with zero attached hydrogens (tertiary/aromatic N) is 2. The molecule has 5 aliphatic rings. The Kier molecular flexibility index (Phi) is 4.43. The topological polar surface area (TPSA) is 65.8 Å². The van der Waals surface area contributed by atoms with Crippen molar-refractivity contribution in [1.29, 1.82) is 0 Å². The van der Waals surface area contributed by atoms with Gasteiger partial charge in [0, 0.05) is 30.8 Å². The van der Waals surface area contributed by atoms with Crippen LogP contribution in [0.3, 0.4) is 0 Å². The Hall–Kier alpha value is -1.41. The molecule has 2 N–H and O–H groups in total. The molecule has 2 bridgehead atoms. The van der Waals surface area contributed by atoms with E-state index in [1.165, 1.54) is 5.57 Å². The van der Waals surface area contributed by atoms with Gasteiger partial charge in [-0.2, -0.15) is 0 Å². The number of aliphatic hydroxyl groups is 2. The number of alkyl halides is 2. The summed E-state index contributed by atoms with van der Waals surface area (Å²) in [6, 6.07) is 3.55. The van der Waals surface area contributed by atoms with Crippen LogP contribution in [0.25, 0.3) is 5.57 Å². The van der Waals surface area contributed by atoms with Gasteiger partial charge in [-0.15, -0.1) is 0 Å². The number of hydrogen-bond donors (Lipinski definition) is 2. The van der Waals surface area contributed by atoms with E-state index >= 15 is 8.78 Å². The van der Waals surface area contributed by atoms with Crippen LogP contribution in [0.1, 0.15) is 57.4 Å². The third kappa shape index (κ3) is 2.47. The van der Waals surface area contributed by atoms with Crippen molar-refractivity contribution in [3.63, 3.8) is 0 Å². The zero-order chi connectivity index (χ0) is 23.4. The van der Waals surface area contributed by atoms with Crippen LogP contribution in [-0.2, 0) is 4.74 Å². The average molecular weight is 461 g/mol. The Morgan fingerprint density at radius 1 is 1.09 bits per heavy atom. The highest BCUT2D eigenvalue weighted by atomic mass is 19.2. The first kappa shape index (κ1) is 22.1. The fraction of sp³-hybridized carbons (Fsp3) is 0.731. The lowest BCUT2D eigenvalue weighted by molar-refractivity contribution is -0.347. The molecule has 2 aliphatic heterocycles. The van der Waals surface area contributed by atoms with Crippen molar-refractivity contribution in [2.45, 2.75) is 92.7 Å². The molecule has 0 amide bonds. The quantitative estimate of drug-likeness (QED) is 0.708. The van der Waals surface area contributed by atoms with Crippen LogP contribution in [0.2, 0.25) is 0 Å². The maximum atomic E-state index is 17.0. The van der Waals surface area contributed by atoms with Crippen molar-refractivity contribution in [3.05, 3.63) is 36.2 Å². The number of fused-ring (bicyclic) bond motifs is 1. The number of aromatic nitrogens is 1. The standard InChI is InChI=1S/C26H34F2N2O3/c1-22-8-9-23(27)15-25(28)21(32)20(31)18(30(2)3)14-24(25)10-11-26(23,33-24)19(22)5-4-17(22)16-6-12-29-13-7-16/h4,6-7,12-13,18-21,31-32H,5,8-11,14-15H2,1-3H3/t18-,19?,20+,21-,22+,23?,24+,25?,26-/m0/s1. The normalized spacial score (nSPS) is 52.8. The molecule has 5 nitrogen and oxygen atoms in total. The molecule has 0 radical (unpaired) electrons. The first-order valence-electron chi connectivity index (χ1n) is 12.2. The van der Waals surface area contributed by atoms with Crippen molar-refractivity contribution >= 4 is 5.57 Å². The van der Waals surface area contributed by atoms with Crippen molar-refractivity contribution in [3.8, 4) is 0 Å². The summed E-state index contributed by atoms with van der Waals surface area (Å²) in [4.78, 5) is 5.96. The molecule has 6 rings (SSSR count). The summed E-state index contributed by atoms with van der Waals surface area (Å²) in [5.41, 5.74) is -4.51. The Bertz CT molecular complexity index is 1010. The van der Waals surface area contributed by atoms with Gasteiger partial charge in [0.25, 0.3) is 0 Å². The van der Waals surface area contributed by atoms with Gasteiger partial charge in [-0.25, -0.2) is 8.78 Å². The average Bonchev–Trinajstić information content (AvgIpc) is 3.33. The molecule has 2 spiro atoms. The number of halogens is 2. The molecule has 3 heterocycles. The maximum absolute atomic E-state index is 17.0. The van der Waals surface area contributed by atoms with Crippen LogP contribution in [0.4, 0.5) is 8.78 Å². The predicted octanol–water partition coefficient (Wildman–Crippen LogP) is 3.45. The lowest BCUT2D eigenvalue weighted by Crippen LogP contribution is -2.78. The highest BCUT2D eigenvalue weighted by Crippen LogP contribution is 2.74. The van der Waals surface area contributed by atoms with Gasteiger partial charge in [-0.1, -0.05) is 13.0 Å². The molecule has 2 saturated carbocycles. The Balaban J connectivity index is 1.43. The molecule has 1 aromatic rings. The second-order valence-electron chi connectivity index (χ2n) is 11.7. The molecular formula is C26H34F2N2O3. The molecule has 3 unspecified atom stereocenters. The Morgan fingerprint density at radius 3 is 2.52 bits per heavy atom. The Labute approximate surface area is 193 Å². The fourth-order valence-electron chi connectivity index (χ4n) is 8.51. The second kappa shape index (κ2) is 6.62. The minimum atomic E-state index is -2.30. The van der Waals surface area contributed by atoms with Gasteiger partial charge < -0.3 is 19.8 Å². The van der Waals surface area contributed by atoms with E-state index in [2.05, 4.69) is 18.0 Å².